The van der Waals surface area contributed by atoms with Crippen LogP contribution in [-0.2, 0) is 16.6 Å². The van der Waals surface area contributed by atoms with Gasteiger partial charge in [0.25, 0.3) is 0 Å². The lowest BCUT2D eigenvalue weighted by Crippen LogP contribution is -2.35. The van der Waals surface area contributed by atoms with Crippen molar-refractivity contribution in [3.8, 4) is 11.5 Å². The highest BCUT2D eigenvalue weighted by Crippen LogP contribution is 2.31. The molecule has 2 aromatic carbocycles. The average molecular weight is 350 g/mol. The van der Waals surface area contributed by atoms with Crippen molar-refractivity contribution in [3.05, 3.63) is 54.1 Å². The number of sulfonamides is 1. The number of benzene rings is 2. The molecule has 2 N–H and O–H groups in total. The minimum atomic E-state index is -3.76. The Hall–Kier alpha value is -2.09. The molecule has 7 heteroatoms. The molecule has 6 nitrogen and oxygen atoms in total. The molecule has 0 unspecified atom stereocenters. The zero-order chi connectivity index (χ0) is 17.6. The Balaban J connectivity index is 2.41. The largest absolute Gasteiger partial charge is 0.497 e. The van der Waals surface area contributed by atoms with Crippen LogP contribution in [0.2, 0.25) is 0 Å². The Morgan fingerprint density at radius 3 is 2.33 bits per heavy atom. The molecule has 130 valence electrons. The van der Waals surface area contributed by atoms with E-state index in [-0.39, 0.29) is 30.3 Å². The van der Waals surface area contributed by atoms with Crippen molar-refractivity contribution in [3.63, 3.8) is 0 Å². The zero-order valence-electron chi connectivity index (χ0n) is 13.8. The minimum Gasteiger partial charge on any atom is -0.497 e. The second-order valence-corrected chi connectivity index (χ2v) is 7.04. The van der Waals surface area contributed by atoms with Gasteiger partial charge >= 0.3 is 0 Å². The maximum atomic E-state index is 13.1. The fourth-order valence-electron chi connectivity index (χ4n) is 2.34. The molecule has 0 radical (unpaired) electrons. The maximum absolute atomic E-state index is 13.1. The quantitative estimate of drug-likeness (QED) is 0.786. The molecule has 0 spiro atoms. The molecule has 0 saturated heterocycles. The highest BCUT2D eigenvalue weighted by molar-refractivity contribution is 7.89. The molecular weight excluding hydrogens is 328 g/mol. The van der Waals surface area contributed by atoms with Gasteiger partial charge in [-0.05, 0) is 17.7 Å². The first kappa shape index (κ1) is 18.3. The van der Waals surface area contributed by atoms with Crippen LogP contribution in [0, 0.1) is 0 Å². The van der Waals surface area contributed by atoms with E-state index in [9.17, 15) is 8.42 Å². The Bertz CT molecular complexity index is 763. The van der Waals surface area contributed by atoms with Gasteiger partial charge < -0.3 is 15.2 Å². The predicted octanol–water partition coefficient (Wildman–Crippen LogP) is 1.85. The van der Waals surface area contributed by atoms with E-state index in [0.29, 0.717) is 5.75 Å². The maximum Gasteiger partial charge on any atom is 0.247 e. The summed E-state index contributed by atoms with van der Waals surface area (Å²) in [4.78, 5) is 0.0928. The average Bonchev–Trinajstić information content (AvgIpc) is 2.61. The molecule has 0 atom stereocenters. The van der Waals surface area contributed by atoms with Gasteiger partial charge in [0.2, 0.25) is 10.0 Å². The van der Waals surface area contributed by atoms with Crippen LogP contribution in [0.15, 0.2) is 53.4 Å². The molecule has 0 aliphatic rings. The van der Waals surface area contributed by atoms with E-state index >= 15 is 0 Å². The van der Waals surface area contributed by atoms with Gasteiger partial charge in [0, 0.05) is 25.7 Å². The first-order valence-electron chi connectivity index (χ1n) is 7.49. The summed E-state index contributed by atoms with van der Waals surface area (Å²) in [6.45, 7) is 0.687. The standard InChI is InChI=1S/C17H22N2O4S/c1-22-15-8-9-17(16(12-15)23-2)24(20,21)19(11-10-18)13-14-6-4-3-5-7-14/h3-9,12H,10-11,13,18H2,1-2H3. The molecule has 0 amide bonds. The molecule has 0 aromatic heterocycles. The van der Waals surface area contributed by atoms with Crippen molar-refractivity contribution in [2.24, 2.45) is 5.73 Å². The number of hydrogen-bond acceptors (Lipinski definition) is 5. The molecule has 2 rings (SSSR count). The second kappa shape index (κ2) is 8.14. The van der Waals surface area contributed by atoms with E-state index in [0.717, 1.165) is 5.56 Å². The smallest absolute Gasteiger partial charge is 0.247 e. The fourth-order valence-corrected chi connectivity index (χ4v) is 3.92. The third kappa shape index (κ3) is 4.05. The lowest BCUT2D eigenvalue weighted by molar-refractivity contribution is 0.378. The van der Waals surface area contributed by atoms with E-state index in [1.54, 1.807) is 12.1 Å². The van der Waals surface area contributed by atoms with Crippen molar-refractivity contribution >= 4 is 10.0 Å². The van der Waals surface area contributed by atoms with Crippen LogP contribution in [0.3, 0.4) is 0 Å². The number of nitrogens with zero attached hydrogens (tertiary/aromatic N) is 1. The molecule has 0 fully saturated rings. The van der Waals surface area contributed by atoms with Gasteiger partial charge in [-0.3, -0.25) is 0 Å². The Labute approximate surface area is 142 Å². The molecule has 0 saturated carbocycles. The fraction of sp³-hybridized carbons (Fsp3) is 0.294. The first-order chi connectivity index (χ1) is 11.5. The van der Waals surface area contributed by atoms with Gasteiger partial charge in [0.05, 0.1) is 14.2 Å². The molecule has 2 aromatic rings. The first-order valence-corrected chi connectivity index (χ1v) is 8.93. The third-order valence-corrected chi connectivity index (χ3v) is 5.45. The number of methoxy groups -OCH3 is 2. The molecule has 0 bridgehead atoms. The minimum absolute atomic E-state index is 0.0928. The van der Waals surface area contributed by atoms with Gasteiger partial charge in [-0.2, -0.15) is 4.31 Å². The molecule has 0 aliphatic heterocycles. The van der Waals surface area contributed by atoms with Crippen LogP contribution in [0.25, 0.3) is 0 Å². The lowest BCUT2D eigenvalue weighted by Gasteiger charge is -2.23. The molecule has 0 heterocycles. The topological polar surface area (TPSA) is 81.9 Å². The molecule has 0 aliphatic carbocycles. The van der Waals surface area contributed by atoms with Crippen molar-refractivity contribution in [1.29, 1.82) is 0 Å². The van der Waals surface area contributed by atoms with E-state index in [1.807, 2.05) is 30.3 Å². The van der Waals surface area contributed by atoms with Gasteiger partial charge in [-0.15, -0.1) is 0 Å². The second-order valence-electron chi connectivity index (χ2n) is 5.13. The van der Waals surface area contributed by atoms with E-state index < -0.39 is 10.0 Å². The van der Waals surface area contributed by atoms with Crippen molar-refractivity contribution < 1.29 is 17.9 Å². The normalized spacial score (nSPS) is 11.5. The van der Waals surface area contributed by atoms with Crippen LogP contribution in [0.1, 0.15) is 5.56 Å². The molecular formula is C17H22N2O4S. The zero-order valence-corrected chi connectivity index (χ0v) is 14.6. The van der Waals surface area contributed by atoms with Crippen molar-refractivity contribution in [1.82, 2.24) is 4.31 Å². The van der Waals surface area contributed by atoms with Gasteiger partial charge in [0.15, 0.2) is 0 Å². The molecule has 24 heavy (non-hydrogen) atoms. The number of hydrogen-bond donors (Lipinski definition) is 1. The summed E-state index contributed by atoms with van der Waals surface area (Å²) in [5.41, 5.74) is 6.51. The highest BCUT2D eigenvalue weighted by atomic mass is 32.2. The SMILES string of the molecule is COc1ccc(S(=O)(=O)N(CCN)Cc2ccccc2)c(OC)c1. The van der Waals surface area contributed by atoms with E-state index in [1.165, 1.54) is 24.6 Å². The monoisotopic (exact) mass is 350 g/mol. The number of nitrogens with two attached hydrogens (primary N) is 1. The van der Waals surface area contributed by atoms with Crippen LogP contribution < -0.4 is 15.2 Å². The van der Waals surface area contributed by atoms with Crippen LogP contribution in [0.5, 0.6) is 11.5 Å². The number of ether oxygens (including phenoxy) is 2. The highest BCUT2D eigenvalue weighted by Gasteiger charge is 2.27. The number of rotatable bonds is 8. The predicted molar refractivity (Wildman–Crippen MR) is 92.6 cm³/mol. The van der Waals surface area contributed by atoms with Crippen molar-refractivity contribution in [2.45, 2.75) is 11.4 Å². The van der Waals surface area contributed by atoms with Gasteiger partial charge in [0.1, 0.15) is 16.4 Å². The van der Waals surface area contributed by atoms with Crippen LogP contribution >= 0.6 is 0 Å². The van der Waals surface area contributed by atoms with E-state index in [4.69, 9.17) is 15.2 Å². The van der Waals surface area contributed by atoms with Gasteiger partial charge in [-0.25, -0.2) is 8.42 Å². The van der Waals surface area contributed by atoms with Crippen molar-refractivity contribution in [2.75, 3.05) is 27.3 Å². The summed E-state index contributed by atoms with van der Waals surface area (Å²) in [5, 5.41) is 0. The third-order valence-electron chi connectivity index (χ3n) is 3.57. The summed E-state index contributed by atoms with van der Waals surface area (Å²) in [6.07, 6.45) is 0. The summed E-state index contributed by atoms with van der Waals surface area (Å²) in [7, 11) is -0.815. The van der Waals surface area contributed by atoms with Crippen LogP contribution in [0.4, 0.5) is 0 Å². The Morgan fingerprint density at radius 1 is 1.04 bits per heavy atom. The lowest BCUT2D eigenvalue weighted by atomic mass is 10.2. The van der Waals surface area contributed by atoms with Gasteiger partial charge in [-0.1, -0.05) is 30.3 Å². The summed E-state index contributed by atoms with van der Waals surface area (Å²) in [5.74, 6) is 0.767. The Kier molecular flexibility index (Phi) is 6.19. The van der Waals surface area contributed by atoms with E-state index in [2.05, 4.69) is 0 Å². The summed E-state index contributed by atoms with van der Waals surface area (Å²) >= 11 is 0. The van der Waals surface area contributed by atoms with Crippen LogP contribution in [-0.4, -0.2) is 40.0 Å². The summed E-state index contributed by atoms with van der Waals surface area (Å²) in [6, 6.07) is 14.0. The Morgan fingerprint density at radius 2 is 1.75 bits per heavy atom. The summed E-state index contributed by atoms with van der Waals surface area (Å²) < 4.78 is 37.8.